The molecule has 3 heterocycles. The van der Waals surface area contributed by atoms with Crippen LogP contribution in [0, 0.1) is 0 Å². The second-order valence-electron chi connectivity index (χ2n) is 10.7. The number of methoxy groups -OCH3 is 1. The summed E-state index contributed by atoms with van der Waals surface area (Å²) < 4.78 is 17.1. The third kappa shape index (κ3) is 7.99. The molecule has 43 heavy (non-hydrogen) atoms. The molecule has 2 amide bonds. The molecule has 3 aromatic rings. The summed E-state index contributed by atoms with van der Waals surface area (Å²) in [6.45, 7) is 7.54. The fraction of sp³-hybridized carbons (Fsp3) is 0.323. The first-order chi connectivity index (χ1) is 20.5. The van der Waals surface area contributed by atoms with E-state index >= 15 is 0 Å². The van der Waals surface area contributed by atoms with Crippen LogP contribution in [0.15, 0.2) is 72.3 Å². The molecule has 0 fully saturated rings. The van der Waals surface area contributed by atoms with E-state index in [-0.39, 0.29) is 23.2 Å². The number of aromatic nitrogens is 2. The molecule has 4 rings (SSSR count). The van der Waals surface area contributed by atoms with Gasteiger partial charge in [-0.3, -0.25) is 14.8 Å². The van der Waals surface area contributed by atoms with Crippen molar-refractivity contribution in [3.05, 3.63) is 88.6 Å². The summed E-state index contributed by atoms with van der Waals surface area (Å²) in [6.07, 6.45) is 4.27. The van der Waals surface area contributed by atoms with Crippen LogP contribution in [0.4, 0.5) is 10.5 Å². The highest BCUT2D eigenvalue weighted by Crippen LogP contribution is 2.34. The lowest BCUT2D eigenvalue weighted by Gasteiger charge is -2.32. The maximum atomic E-state index is 13.8. The lowest BCUT2D eigenvalue weighted by molar-refractivity contribution is -0.126. The molecule has 0 spiro atoms. The van der Waals surface area contributed by atoms with Gasteiger partial charge in [-0.25, -0.2) is 9.69 Å². The molecule has 0 saturated heterocycles. The molecule has 0 radical (unpaired) electrons. The highest BCUT2D eigenvalue weighted by molar-refractivity contribution is 7.81. The predicted molar refractivity (Wildman–Crippen MR) is 168 cm³/mol. The van der Waals surface area contributed by atoms with Gasteiger partial charge in [0.05, 0.1) is 35.3 Å². The summed E-state index contributed by atoms with van der Waals surface area (Å²) in [5.41, 5.74) is 1.97. The Morgan fingerprint density at radius 1 is 1.16 bits per heavy atom. The van der Waals surface area contributed by atoms with Crippen LogP contribution in [-0.4, -0.2) is 51.1 Å². The van der Waals surface area contributed by atoms with E-state index in [1.165, 1.54) is 7.11 Å². The first-order valence-corrected chi connectivity index (χ1v) is 14.4. The average molecular weight is 624 g/mol. The van der Waals surface area contributed by atoms with Gasteiger partial charge >= 0.3 is 6.09 Å². The zero-order valence-electron chi connectivity index (χ0n) is 24.6. The Balaban J connectivity index is 1.62. The van der Waals surface area contributed by atoms with Gasteiger partial charge in [0.1, 0.15) is 22.4 Å². The van der Waals surface area contributed by atoms with Gasteiger partial charge in [0.15, 0.2) is 5.75 Å². The highest BCUT2D eigenvalue weighted by Gasteiger charge is 2.36. The summed E-state index contributed by atoms with van der Waals surface area (Å²) in [7, 11) is 1.49. The number of nitrogens with zero attached hydrogens (tertiary/aromatic N) is 3. The fourth-order valence-corrected chi connectivity index (χ4v) is 4.92. The Kier molecular flexibility index (Phi) is 10.2. The predicted octanol–water partition coefficient (Wildman–Crippen LogP) is 6.23. The van der Waals surface area contributed by atoms with Crippen LogP contribution in [0.2, 0.25) is 5.02 Å². The van der Waals surface area contributed by atoms with Gasteiger partial charge in [-0.1, -0.05) is 36.0 Å². The third-order valence-corrected chi connectivity index (χ3v) is 6.98. The molecule has 1 aliphatic rings. The quantitative estimate of drug-likeness (QED) is 0.266. The molecule has 0 aliphatic carbocycles. The lowest BCUT2D eigenvalue weighted by atomic mass is 10.0. The normalized spacial score (nSPS) is 14.2. The number of pyridine rings is 2. The van der Waals surface area contributed by atoms with Gasteiger partial charge in [0.2, 0.25) is 0 Å². The molecule has 0 bridgehead atoms. The molecule has 12 heteroatoms. The number of anilines is 1. The van der Waals surface area contributed by atoms with Crippen LogP contribution >= 0.6 is 23.8 Å². The minimum atomic E-state index is -0.781. The molecular formula is C31H34ClN5O5S. The number of thiocarbonyl (C=S) groups is 1. The molecule has 10 nitrogen and oxygen atoms in total. The zero-order chi connectivity index (χ0) is 31.1. The average Bonchev–Trinajstić information content (AvgIpc) is 2.96. The van der Waals surface area contributed by atoms with Crippen LogP contribution in [-0.2, 0) is 16.1 Å². The standard InChI is InChI=1S/C31H34ClN5O5S/c1-19(22-10-6-7-14-34-22)41-25-18-33-15-12-20(25)17-35-23-13-16-37(30(39)42-31(2,3)4)29(38)26(23)28(43)36-24-11-8-9-21(32)27(24)40-5/h6-12,14-15,18-19,35H,13,16-17H2,1-5H3,(H,36,43)/t19-/m1/s1. The van der Waals surface area contributed by atoms with Crippen molar-refractivity contribution < 1.29 is 23.8 Å². The number of ether oxygens (including phenoxy) is 3. The Morgan fingerprint density at radius 2 is 1.95 bits per heavy atom. The van der Waals surface area contributed by atoms with E-state index in [0.29, 0.717) is 40.9 Å². The molecule has 2 aromatic heterocycles. The number of benzene rings is 1. The summed E-state index contributed by atoms with van der Waals surface area (Å²) >= 11 is 12.0. The first-order valence-electron chi connectivity index (χ1n) is 13.6. The molecule has 1 atom stereocenters. The topological polar surface area (TPSA) is 115 Å². The molecule has 226 valence electrons. The smallest absolute Gasteiger partial charge is 0.417 e. The van der Waals surface area contributed by atoms with Gasteiger partial charge < -0.3 is 24.8 Å². The van der Waals surface area contributed by atoms with Crippen LogP contribution in [0.25, 0.3) is 0 Å². The van der Waals surface area contributed by atoms with Crippen LogP contribution < -0.4 is 20.1 Å². The summed E-state index contributed by atoms with van der Waals surface area (Å²) in [6, 6.07) is 12.6. The van der Waals surface area contributed by atoms with Gasteiger partial charge in [0.25, 0.3) is 5.91 Å². The minimum Gasteiger partial charge on any atom is -0.493 e. The Bertz CT molecular complexity index is 1530. The van der Waals surface area contributed by atoms with E-state index in [2.05, 4.69) is 20.6 Å². The van der Waals surface area contributed by atoms with Gasteiger partial charge in [-0.2, -0.15) is 0 Å². The second-order valence-corrected chi connectivity index (χ2v) is 11.5. The number of halogens is 1. The summed E-state index contributed by atoms with van der Waals surface area (Å²) in [5, 5.41) is 6.81. The van der Waals surface area contributed by atoms with E-state index in [1.54, 1.807) is 57.6 Å². The largest absolute Gasteiger partial charge is 0.493 e. The van der Waals surface area contributed by atoms with Crippen molar-refractivity contribution in [1.29, 1.82) is 0 Å². The van der Waals surface area contributed by atoms with E-state index in [1.807, 2.05) is 31.2 Å². The van der Waals surface area contributed by atoms with Crippen molar-refractivity contribution in [2.24, 2.45) is 0 Å². The maximum Gasteiger partial charge on any atom is 0.417 e. The van der Waals surface area contributed by atoms with Crippen LogP contribution in [0.1, 0.15) is 51.5 Å². The monoisotopic (exact) mass is 623 g/mol. The number of rotatable bonds is 9. The van der Waals surface area contributed by atoms with E-state index < -0.39 is 17.6 Å². The summed E-state index contributed by atoms with van der Waals surface area (Å²) in [4.78, 5) is 36.5. The van der Waals surface area contributed by atoms with Gasteiger partial charge in [-0.05, 0) is 58.0 Å². The van der Waals surface area contributed by atoms with Crippen molar-refractivity contribution in [1.82, 2.24) is 20.2 Å². The SMILES string of the molecule is COc1c(Cl)cccc1NC(=S)C1=C(NCc2ccncc2O[C@H](C)c2ccccn2)CCN(C(=O)OC(C)(C)C)C1=O. The summed E-state index contributed by atoms with van der Waals surface area (Å²) in [5.74, 6) is 0.350. The van der Waals surface area contributed by atoms with E-state index in [0.717, 1.165) is 16.2 Å². The van der Waals surface area contributed by atoms with Crippen LogP contribution in [0.3, 0.4) is 0 Å². The number of carbonyl (C=O) groups excluding carboxylic acids is 2. The van der Waals surface area contributed by atoms with Crippen molar-refractivity contribution in [2.75, 3.05) is 19.0 Å². The van der Waals surface area contributed by atoms with Crippen molar-refractivity contribution in [3.8, 4) is 11.5 Å². The van der Waals surface area contributed by atoms with Crippen molar-refractivity contribution >= 4 is 46.5 Å². The molecule has 1 aromatic carbocycles. The van der Waals surface area contributed by atoms with Crippen molar-refractivity contribution in [2.45, 2.75) is 52.4 Å². The first kappa shape index (κ1) is 31.7. The zero-order valence-corrected chi connectivity index (χ0v) is 26.2. The number of imide groups is 1. The Labute approximate surface area is 261 Å². The lowest BCUT2D eigenvalue weighted by Crippen LogP contribution is -2.47. The van der Waals surface area contributed by atoms with Crippen molar-refractivity contribution in [3.63, 3.8) is 0 Å². The van der Waals surface area contributed by atoms with Gasteiger partial charge in [-0.15, -0.1) is 0 Å². The molecular weight excluding hydrogens is 590 g/mol. The number of hydrogen-bond acceptors (Lipinski definition) is 9. The Morgan fingerprint density at radius 3 is 2.65 bits per heavy atom. The number of amides is 2. The molecule has 0 unspecified atom stereocenters. The molecule has 2 N–H and O–H groups in total. The fourth-order valence-electron chi connectivity index (χ4n) is 4.35. The number of para-hydroxylation sites is 1. The van der Waals surface area contributed by atoms with E-state index in [4.69, 9.17) is 38.0 Å². The second kappa shape index (κ2) is 13.8. The minimum absolute atomic E-state index is 0.0938. The Hall–Kier alpha value is -4.22. The number of hydrogen-bond donors (Lipinski definition) is 2. The third-order valence-electron chi connectivity index (χ3n) is 6.38. The number of nitrogens with one attached hydrogen (secondary N) is 2. The molecule has 1 aliphatic heterocycles. The maximum absolute atomic E-state index is 13.8. The van der Waals surface area contributed by atoms with Crippen LogP contribution in [0.5, 0.6) is 11.5 Å². The highest BCUT2D eigenvalue weighted by atomic mass is 35.5. The number of carbonyl (C=O) groups is 2. The molecule has 0 saturated carbocycles. The van der Waals surface area contributed by atoms with E-state index in [9.17, 15) is 9.59 Å². The van der Waals surface area contributed by atoms with Gasteiger partial charge in [0, 0.05) is 43.2 Å².